The van der Waals surface area contributed by atoms with Gasteiger partial charge in [-0.1, -0.05) is 12.1 Å². The fourth-order valence-corrected chi connectivity index (χ4v) is 6.47. The maximum atomic E-state index is 15.0. The van der Waals surface area contributed by atoms with E-state index in [-0.39, 0.29) is 22.8 Å². The highest BCUT2D eigenvalue weighted by Gasteiger charge is 2.47. The second-order valence-electron chi connectivity index (χ2n) is 8.32. The first kappa shape index (κ1) is 28.0. The Bertz CT molecular complexity index is 1380. The van der Waals surface area contributed by atoms with Crippen molar-refractivity contribution in [3.05, 3.63) is 47.1 Å². The Morgan fingerprint density at radius 3 is 2.57 bits per heavy atom. The lowest BCUT2D eigenvalue weighted by Crippen LogP contribution is -2.31. The maximum Gasteiger partial charge on any atom is 0.340 e. The second kappa shape index (κ2) is 10.6. The number of halogens is 3. The summed E-state index contributed by atoms with van der Waals surface area (Å²) in [5, 5.41) is 17.6. The molecule has 2 unspecified atom stereocenters. The third-order valence-corrected chi connectivity index (χ3v) is 9.11. The molecular weight excluding hydrogens is 562 g/mol. The van der Waals surface area contributed by atoms with Crippen molar-refractivity contribution < 1.29 is 47.0 Å². The molecule has 1 fully saturated rings. The van der Waals surface area contributed by atoms with Crippen LogP contribution in [0.5, 0.6) is 0 Å². The molecule has 202 valence electrons. The fraction of sp³-hybridized carbons (Fsp3) is 0.421. The summed E-state index contributed by atoms with van der Waals surface area (Å²) >= 11 is 6.08. The summed E-state index contributed by atoms with van der Waals surface area (Å²) in [6.07, 6.45) is -5.61. The van der Waals surface area contributed by atoms with E-state index in [1.165, 1.54) is 18.3 Å². The van der Waals surface area contributed by atoms with Crippen LogP contribution in [0, 0.1) is 5.82 Å². The SMILES string of the molecule is CC(Nc1nc(Cl)nc2c1cnn2[C@@H]1O[C@H](COP(=O)(O)CP(=O)(O)O)[C@@H](O)[C@@H]1F)c1ccc(F)cc1. The Hall–Kier alpha value is -2.06. The molecule has 2 aromatic heterocycles. The molecule has 4 rings (SSSR count). The summed E-state index contributed by atoms with van der Waals surface area (Å²) in [5.41, 5.74) is 0.787. The zero-order valence-electron chi connectivity index (χ0n) is 18.9. The highest BCUT2D eigenvalue weighted by Crippen LogP contribution is 2.55. The van der Waals surface area contributed by atoms with Gasteiger partial charge in [-0.05, 0) is 36.2 Å². The van der Waals surface area contributed by atoms with Crippen molar-refractivity contribution in [2.75, 3.05) is 17.8 Å². The average Bonchev–Trinajstić information content (AvgIpc) is 3.32. The van der Waals surface area contributed by atoms with Crippen molar-refractivity contribution in [1.82, 2.24) is 19.7 Å². The third-order valence-electron chi connectivity index (χ3n) is 5.49. The van der Waals surface area contributed by atoms with E-state index in [2.05, 4.69) is 24.9 Å². The van der Waals surface area contributed by atoms with Crippen molar-refractivity contribution in [2.24, 2.45) is 0 Å². The number of alkyl halides is 1. The molecule has 1 aromatic carbocycles. The van der Waals surface area contributed by atoms with Gasteiger partial charge in [0.2, 0.25) is 5.28 Å². The quantitative estimate of drug-likeness (QED) is 0.183. The van der Waals surface area contributed by atoms with Gasteiger partial charge in [0.1, 0.15) is 23.8 Å². The van der Waals surface area contributed by atoms with Gasteiger partial charge in [0.25, 0.3) is 0 Å². The van der Waals surface area contributed by atoms with E-state index in [4.69, 9.17) is 26.1 Å². The molecule has 18 heteroatoms. The van der Waals surface area contributed by atoms with Gasteiger partial charge in [0.05, 0.1) is 18.2 Å². The summed E-state index contributed by atoms with van der Waals surface area (Å²) in [4.78, 5) is 35.6. The monoisotopic (exact) mass is 583 g/mol. The van der Waals surface area contributed by atoms with Gasteiger partial charge in [-0.15, -0.1) is 0 Å². The molecule has 1 saturated heterocycles. The van der Waals surface area contributed by atoms with Gasteiger partial charge in [-0.2, -0.15) is 15.1 Å². The molecule has 0 bridgehead atoms. The van der Waals surface area contributed by atoms with Crippen LogP contribution in [0.4, 0.5) is 14.6 Å². The molecule has 3 heterocycles. The summed E-state index contributed by atoms with van der Waals surface area (Å²) in [7, 11) is -9.63. The minimum Gasteiger partial charge on any atom is -0.387 e. The lowest BCUT2D eigenvalue weighted by Gasteiger charge is -2.18. The number of ether oxygens (including phenoxy) is 1. The molecule has 13 nitrogen and oxygen atoms in total. The summed E-state index contributed by atoms with van der Waals surface area (Å²) in [6.45, 7) is 0.966. The van der Waals surface area contributed by atoms with Crippen LogP contribution in [-0.4, -0.2) is 70.4 Å². The fourth-order valence-electron chi connectivity index (χ4n) is 3.74. The van der Waals surface area contributed by atoms with E-state index < -0.39 is 58.1 Å². The Kier molecular flexibility index (Phi) is 8.01. The Labute approximate surface area is 213 Å². The van der Waals surface area contributed by atoms with Gasteiger partial charge in [0, 0.05) is 6.04 Å². The lowest BCUT2D eigenvalue weighted by atomic mass is 10.1. The van der Waals surface area contributed by atoms with Crippen molar-refractivity contribution in [2.45, 2.75) is 37.6 Å². The number of hydrogen-bond donors (Lipinski definition) is 5. The second-order valence-corrected chi connectivity index (χ2v) is 12.7. The zero-order chi connectivity index (χ0) is 27.1. The summed E-state index contributed by atoms with van der Waals surface area (Å²) < 4.78 is 62.3. The minimum absolute atomic E-state index is 0.0459. The molecule has 37 heavy (non-hydrogen) atoms. The van der Waals surface area contributed by atoms with Crippen LogP contribution < -0.4 is 5.32 Å². The largest absolute Gasteiger partial charge is 0.387 e. The predicted molar refractivity (Wildman–Crippen MR) is 126 cm³/mol. The molecule has 1 aliphatic rings. The van der Waals surface area contributed by atoms with Gasteiger partial charge >= 0.3 is 15.2 Å². The lowest BCUT2D eigenvalue weighted by molar-refractivity contribution is -0.0472. The first-order chi connectivity index (χ1) is 17.2. The number of fused-ring (bicyclic) bond motifs is 1. The van der Waals surface area contributed by atoms with Crippen molar-refractivity contribution in [3.63, 3.8) is 0 Å². The molecule has 5 N–H and O–H groups in total. The molecule has 0 saturated carbocycles. The van der Waals surface area contributed by atoms with E-state index in [0.29, 0.717) is 5.39 Å². The van der Waals surface area contributed by atoms with Crippen molar-refractivity contribution in [3.8, 4) is 0 Å². The molecule has 0 amide bonds. The number of aliphatic hydroxyl groups is 1. The normalized spacial score (nSPS) is 24.8. The van der Waals surface area contributed by atoms with Crippen LogP contribution in [0.1, 0.15) is 24.8 Å². The van der Waals surface area contributed by atoms with Crippen LogP contribution in [-0.2, 0) is 18.4 Å². The average molecular weight is 584 g/mol. The topological polar surface area (TPSA) is 189 Å². The third kappa shape index (κ3) is 6.51. The zero-order valence-corrected chi connectivity index (χ0v) is 21.5. The van der Waals surface area contributed by atoms with Crippen LogP contribution in [0.15, 0.2) is 30.5 Å². The number of aliphatic hydroxyl groups excluding tert-OH is 1. The van der Waals surface area contributed by atoms with Crippen LogP contribution in [0.25, 0.3) is 11.0 Å². The number of nitrogens with zero attached hydrogens (tertiary/aromatic N) is 4. The van der Waals surface area contributed by atoms with Gasteiger partial charge in [-0.25, -0.2) is 13.5 Å². The summed E-state index contributed by atoms with van der Waals surface area (Å²) in [5.74, 6) is -1.60. The molecule has 0 aliphatic carbocycles. The number of benzene rings is 1. The van der Waals surface area contributed by atoms with Crippen molar-refractivity contribution in [1.29, 1.82) is 0 Å². The van der Waals surface area contributed by atoms with Crippen LogP contribution >= 0.6 is 26.8 Å². The minimum atomic E-state index is -4.88. The van der Waals surface area contributed by atoms with Crippen LogP contribution in [0.3, 0.4) is 0 Å². The van der Waals surface area contributed by atoms with E-state index in [1.807, 2.05) is 0 Å². The van der Waals surface area contributed by atoms with Crippen molar-refractivity contribution >= 4 is 43.6 Å². The molecule has 0 radical (unpaired) electrons. The smallest absolute Gasteiger partial charge is 0.340 e. The number of hydrogen-bond acceptors (Lipinski definition) is 9. The molecule has 0 spiro atoms. The van der Waals surface area contributed by atoms with Gasteiger partial charge < -0.3 is 34.4 Å². The molecular formula is C19H22ClF2N5O8P2. The molecule has 1 aliphatic heterocycles. The van der Waals surface area contributed by atoms with Gasteiger partial charge in [-0.3, -0.25) is 9.13 Å². The summed E-state index contributed by atoms with van der Waals surface area (Å²) in [6, 6.07) is 5.44. The number of anilines is 1. The Morgan fingerprint density at radius 2 is 1.92 bits per heavy atom. The first-order valence-electron chi connectivity index (χ1n) is 10.7. The molecule has 3 aromatic rings. The Morgan fingerprint density at radius 1 is 1.24 bits per heavy atom. The van der Waals surface area contributed by atoms with Crippen LogP contribution in [0.2, 0.25) is 5.28 Å². The van der Waals surface area contributed by atoms with E-state index in [1.54, 1.807) is 19.1 Å². The maximum absolute atomic E-state index is 15.0. The van der Waals surface area contributed by atoms with E-state index in [0.717, 1.165) is 10.2 Å². The number of rotatable bonds is 9. The highest BCUT2D eigenvalue weighted by atomic mass is 35.5. The Balaban J connectivity index is 1.55. The highest BCUT2D eigenvalue weighted by molar-refractivity contribution is 7.70. The number of nitrogens with one attached hydrogen (secondary N) is 1. The van der Waals surface area contributed by atoms with E-state index in [9.17, 15) is 23.5 Å². The standard InChI is InChI=1S/C19H22ClF2N5O8P2/c1-9(10-2-4-11(21)5-3-10)24-16-12-6-23-27(17(12)26-19(20)25-16)18-14(22)15(28)13(35-18)7-34-37(32,33)8-36(29,30)31/h2-6,9,13-15,18,28H,7-8H2,1H3,(H,32,33)(H,24,25,26)(H2,29,30,31)/t9?,13-,14+,15-,18-/m1/s1. The van der Waals surface area contributed by atoms with E-state index >= 15 is 4.39 Å². The van der Waals surface area contributed by atoms with Gasteiger partial charge in [0.15, 0.2) is 23.9 Å². The first-order valence-corrected chi connectivity index (χ1v) is 14.6. The molecule has 6 atom stereocenters. The predicted octanol–water partition coefficient (Wildman–Crippen LogP) is 2.73. The number of aromatic nitrogens is 4.